The molecule has 2 aromatic rings. The van der Waals surface area contributed by atoms with E-state index in [-0.39, 0.29) is 10.4 Å². The number of fused-ring (bicyclic) bond motifs is 1. The van der Waals surface area contributed by atoms with Crippen molar-refractivity contribution in [3.05, 3.63) is 33.1 Å². The zero-order valence-electron chi connectivity index (χ0n) is 9.65. The van der Waals surface area contributed by atoms with Crippen LogP contribution in [0.25, 0.3) is 10.1 Å². The van der Waals surface area contributed by atoms with E-state index >= 15 is 0 Å². The molecule has 1 aromatic carbocycles. The molecule has 0 radical (unpaired) electrons. The van der Waals surface area contributed by atoms with Gasteiger partial charge in [0.15, 0.2) is 0 Å². The van der Waals surface area contributed by atoms with E-state index < -0.39 is 11.9 Å². The van der Waals surface area contributed by atoms with Crippen molar-refractivity contribution in [2.75, 3.05) is 14.2 Å². The number of carbonyl (C=O) groups is 2. The highest BCUT2D eigenvalue weighted by molar-refractivity contribution is 9.10. The average Bonchev–Trinajstić information content (AvgIpc) is 2.75. The first-order chi connectivity index (χ1) is 8.58. The lowest BCUT2D eigenvalue weighted by atomic mass is 10.1. The molecule has 18 heavy (non-hydrogen) atoms. The van der Waals surface area contributed by atoms with Crippen molar-refractivity contribution in [3.8, 4) is 0 Å². The van der Waals surface area contributed by atoms with Crippen molar-refractivity contribution in [2.24, 2.45) is 0 Å². The lowest BCUT2D eigenvalue weighted by molar-refractivity contribution is 0.0561. The van der Waals surface area contributed by atoms with Gasteiger partial charge in [0.1, 0.15) is 4.88 Å². The zero-order valence-corrected chi connectivity index (χ0v) is 12.1. The molecule has 1 aromatic heterocycles. The fraction of sp³-hybridized carbons (Fsp3) is 0.167. The Morgan fingerprint density at radius 1 is 1.17 bits per heavy atom. The van der Waals surface area contributed by atoms with Crippen LogP contribution in [0.3, 0.4) is 0 Å². The summed E-state index contributed by atoms with van der Waals surface area (Å²) in [6.07, 6.45) is 0. The molecule has 0 atom stereocenters. The van der Waals surface area contributed by atoms with Crippen LogP contribution >= 0.6 is 27.3 Å². The SMILES string of the molecule is COC(=O)c1sc2ccc(Br)cc2c1C(=O)OC. The molecular weight excluding hydrogens is 320 g/mol. The predicted octanol–water partition coefficient (Wildman–Crippen LogP) is 3.24. The van der Waals surface area contributed by atoms with Gasteiger partial charge in [-0.05, 0) is 18.2 Å². The van der Waals surface area contributed by atoms with Crippen molar-refractivity contribution < 1.29 is 19.1 Å². The number of thiophene rings is 1. The lowest BCUT2D eigenvalue weighted by Crippen LogP contribution is -2.08. The molecule has 0 unspecified atom stereocenters. The van der Waals surface area contributed by atoms with E-state index in [1.165, 1.54) is 25.6 Å². The Hall–Kier alpha value is -1.40. The molecule has 1 heterocycles. The summed E-state index contributed by atoms with van der Waals surface area (Å²) in [4.78, 5) is 23.7. The van der Waals surface area contributed by atoms with E-state index in [9.17, 15) is 9.59 Å². The van der Waals surface area contributed by atoms with E-state index in [0.29, 0.717) is 5.39 Å². The van der Waals surface area contributed by atoms with E-state index in [1.807, 2.05) is 12.1 Å². The quantitative estimate of drug-likeness (QED) is 0.794. The molecule has 0 fully saturated rings. The third-order valence-corrected chi connectivity index (χ3v) is 4.05. The Morgan fingerprint density at radius 3 is 2.44 bits per heavy atom. The standard InChI is InChI=1S/C12H9BrO4S/c1-16-11(14)9-7-5-6(13)3-4-8(7)18-10(9)12(15)17-2/h3-5H,1-2H3. The molecule has 0 amide bonds. The van der Waals surface area contributed by atoms with Crippen LogP contribution in [0.1, 0.15) is 20.0 Å². The van der Waals surface area contributed by atoms with Gasteiger partial charge in [0.25, 0.3) is 0 Å². The van der Waals surface area contributed by atoms with Crippen LogP contribution in [0.5, 0.6) is 0 Å². The molecule has 0 N–H and O–H groups in total. The normalized spacial score (nSPS) is 10.4. The van der Waals surface area contributed by atoms with Crippen LogP contribution in [0.4, 0.5) is 0 Å². The molecule has 4 nitrogen and oxygen atoms in total. The fourth-order valence-corrected chi connectivity index (χ4v) is 3.06. The number of benzene rings is 1. The molecule has 0 aliphatic rings. The molecule has 2 rings (SSSR count). The molecular formula is C12H9BrO4S. The van der Waals surface area contributed by atoms with Gasteiger partial charge in [0, 0.05) is 14.6 Å². The summed E-state index contributed by atoms with van der Waals surface area (Å²) >= 11 is 4.55. The topological polar surface area (TPSA) is 52.6 Å². The lowest BCUT2D eigenvalue weighted by Gasteiger charge is -2.01. The second-order valence-electron chi connectivity index (χ2n) is 3.43. The summed E-state index contributed by atoms with van der Waals surface area (Å²) in [5.41, 5.74) is 0.255. The number of ether oxygens (including phenoxy) is 2. The highest BCUT2D eigenvalue weighted by Gasteiger charge is 2.24. The fourth-order valence-electron chi connectivity index (χ4n) is 1.61. The van der Waals surface area contributed by atoms with E-state index in [0.717, 1.165) is 9.17 Å². The number of esters is 2. The van der Waals surface area contributed by atoms with Crippen molar-refractivity contribution in [3.63, 3.8) is 0 Å². The van der Waals surface area contributed by atoms with Crippen LogP contribution in [0.2, 0.25) is 0 Å². The van der Waals surface area contributed by atoms with Gasteiger partial charge in [-0.3, -0.25) is 0 Å². The number of hydrogen-bond acceptors (Lipinski definition) is 5. The molecule has 0 spiro atoms. The Bertz CT molecular complexity index is 632. The summed E-state index contributed by atoms with van der Waals surface area (Å²) in [6.45, 7) is 0. The largest absolute Gasteiger partial charge is 0.465 e. The minimum Gasteiger partial charge on any atom is -0.465 e. The predicted molar refractivity (Wildman–Crippen MR) is 72.2 cm³/mol. The van der Waals surface area contributed by atoms with Gasteiger partial charge in [0.05, 0.1) is 19.8 Å². The second kappa shape index (κ2) is 5.07. The summed E-state index contributed by atoms with van der Waals surface area (Å²) in [7, 11) is 2.56. The second-order valence-corrected chi connectivity index (χ2v) is 5.40. The molecule has 0 aliphatic carbocycles. The first-order valence-electron chi connectivity index (χ1n) is 4.97. The highest BCUT2D eigenvalue weighted by atomic mass is 79.9. The number of hydrogen-bond donors (Lipinski definition) is 0. The van der Waals surface area contributed by atoms with Crippen LogP contribution in [0, 0.1) is 0 Å². The van der Waals surface area contributed by atoms with Crippen molar-refractivity contribution >= 4 is 49.3 Å². The minimum absolute atomic E-state index is 0.255. The van der Waals surface area contributed by atoms with Crippen LogP contribution in [0.15, 0.2) is 22.7 Å². The van der Waals surface area contributed by atoms with Crippen molar-refractivity contribution in [1.82, 2.24) is 0 Å². The first kappa shape index (κ1) is 13.0. The third-order valence-electron chi connectivity index (χ3n) is 2.41. The molecule has 6 heteroatoms. The van der Waals surface area contributed by atoms with Gasteiger partial charge in [-0.1, -0.05) is 15.9 Å². The number of methoxy groups -OCH3 is 2. The van der Waals surface area contributed by atoms with Crippen LogP contribution in [-0.4, -0.2) is 26.2 Å². The van der Waals surface area contributed by atoms with Gasteiger partial charge in [-0.15, -0.1) is 11.3 Å². The molecule has 0 aliphatic heterocycles. The van der Waals surface area contributed by atoms with E-state index in [1.54, 1.807) is 6.07 Å². The average molecular weight is 329 g/mol. The van der Waals surface area contributed by atoms with Crippen molar-refractivity contribution in [2.45, 2.75) is 0 Å². The summed E-state index contributed by atoms with van der Waals surface area (Å²) < 4.78 is 11.1. The maximum Gasteiger partial charge on any atom is 0.348 e. The Labute approximate surface area is 116 Å². The zero-order chi connectivity index (χ0) is 13.3. The highest BCUT2D eigenvalue weighted by Crippen LogP contribution is 2.34. The van der Waals surface area contributed by atoms with Gasteiger partial charge in [0.2, 0.25) is 0 Å². The maximum atomic E-state index is 11.8. The summed E-state index contributed by atoms with van der Waals surface area (Å²) in [6, 6.07) is 5.47. The minimum atomic E-state index is -0.542. The van der Waals surface area contributed by atoms with Gasteiger partial charge in [-0.25, -0.2) is 9.59 Å². The van der Waals surface area contributed by atoms with Crippen LogP contribution in [-0.2, 0) is 9.47 Å². The number of rotatable bonds is 2. The maximum absolute atomic E-state index is 11.8. The summed E-state index contributed by atoms with van der Waals surface area (Å²) in [5.74, 6) is -1.08. The van der Waals surface area contributed by atoms with Crippen molar-refractivity contribution in [1.29, 1.82) is 0 Å². The van der Waals surface area contributed by atoms with Crippen LogP contribution < -0.4 is 0 Å². The van der Waals surface area contributed by atoms with Gasteiger partial charge < -0.3 is 9.47 Å². The Balaban J connectivity index is 2.77. The van der Waals surface area contributed by atoms with E-state index in [2.05, 4.69) is 20.7 Å². The number of halogens is 1. The van der Waals surface area contributed by atoms with Gasteiger partial charge in [-0.2, -0.15) is 0 Å². The molecule has 0 saturated carbocycles. The first-order valence-corrected chi connectivity index (χ1v) is 6.58. The Morgan fingerprint density at radius 2 is 1.83 bits per heavy atom. The monoisotopic (exact) mass is 328 g/mol. The Kier molecular flexibility index (Phi) is 3.68. The smallest absolute Gasteiger partial charge is 0.348 e. The molecule has 0 bridgehead atoms. The number of carbonyl (C=O) groups excluding carboxylic acids is 2. The molecule has 0 saturated heterocycles. The molecule has 94 valence electrons. The van der Waals surface area contributed by atoms with Gasteiger partial charge >= 0.3 is 11.9 Å². The summed E-state index contributed by atoms with van der Waals surface area (Å²) in [5, 5.41) is 0.682. The van der Waals surface area contributed by atoms with E-state index in [4.69, 9.17) is 4.74 Å². The third kappa shape index (κ3) is 2.13.